The molecule has 4 atom stereocenters. The molecule has 0 heterocycles. The summed E-state index contributed by atoms with van der Waals surface area (Å²) in [7, 11) is 0. The fourth-order valence-corrected chi connectivity index (χ4v) is 2.74. The molecule has 0 aliphatic heterocycles. The van der Waals surface area contributed by atoms with Crippen LogP contribution in [0.2, 0.25) is 0 Å². The largest absolute Gasteiger partial charge is 0.396 e. The second-order valence-electron chi connectivity index (χ2n) is 6.32. The summed E-state index contributed by atoms with van der Waals surface area (Å²) in [5.74, 6) is 1.75. The summed E-state index contributed by atoms with van der Waals surface area (Å²) in [6.07, 6.45) is 8.13. The molecule has 0 radical (unpaired) electrons. The molecule has 4 unspecified atom stereocenters. The molecule has 0 spiro atoms. The Morgan fingerprint density at radius 3 is 2.71 bits per heavy atom. The first-order chi connectivity index (χ1) is 10.2. The van der Waals surface area contributed by atoms with Gasteiger partial charge in [-0.15, -0.1) is 0 Å². The van der Waals surface area contributed by atoms with Crippen molar-refractivity contribution in [3.05, 3.63) is 12.2 Å². The average Bonchev–Trinajstić information content (AvgIpc) is 2.48. The highest BCUT2D eigenvalue weighted by molar-refractivity contribution is 4.93. The third-order valence-corrected chi connectivity index (χ3v) is 4.49. The van der Waals surface area contributed by atoms with Crippen molar-refractivity contribution in [1.82, 2.24) is 5.32 Å². The number of aliphatic hydroxyl groups excluding tert-OH is 2. The predicted molar refractivity (Wildman–Crippen MR) is 86.2 cm³/mol. The molecule has 3 N–H and O–H groups in total. The van der Waals surface area contributed by atoms with Crippen molar-refractivity contribution < 1.29 is 14.9 Å². The number of hydrogen-bond acceptors (Lipinski definition) is 4. The van der Waals surface area contributed by atoms with Crippen LogP contribution in [0.4, 0.5) is 0 Å². The molecule has 0 amide bonds. The van der Waals surface area contributed by atoms with Crippen LogP contribution in [-0.2, 0) is 4.74 Å². The maximum absolute atomic E-state index is 9.91. The fraction of sp³-hybridized carbons (Fsp3) is 0.882. The zero-order valence-corrected chi connectivity index (χ0v) is 13.6. The Kier molecular flexibility index (Phi) is 9.92. The van der Waals surface area contributed by atoms with Gasteiger partial charge in [-0.1, -0.05) is 32.4 Å². The molecule has 0 saturated heterocycles. The van der Waals surface area contributed by atoms with Crippen LogP contribution in [0.15, 0.2) is 12.2 Å². The Morgan fingerprint density at radius 2 is 2.05 bits per heavy atom. The van der Waals surface area contributed by atoms with Gasteiger partial charge in [0.2, 0.25) is 0 Å². The molecule has 4 heteroatoms. The van der Waals surface area contributed by atoms with Crippen molar-refractivity contribution in [2.75, 3.05) is 32.9 Å². The van der Waals surface area contributed by atoms with Crippen LogP contribution in [0.3, 0.4) is 0 Å². The Hall–Kier alpha value is -0.420. The average molecular weight is 299 g/mol. The van der Waals surface area contributed by atoms with E-state index >= 15 is 0 Å². The third kappa shape index (κ3) is 7.96. The van der Waals surface area contributed by atoms with E-state index in [2.05, 4.69) is 31.3 Å². The third-order valence-electron chi connectivity index (χ3n) is 4.49. The monoisotopic (exact) mass is 299 g/mol. The van der Waals surface area contributed by atoms with Crippen molar-refractivity contribution in [3.8, 4) is 0 Å². The van der Waals surface area contributed by atoms with Gasteiger partial charge in [-0.2, -0.15) is 0 Å². The van der Waals surface area contributed by atoms with Crippen molar-refractivity contribution in [2.24, 2.45) is 17.8 Å². The van der Waals surface area contributed by atoms with Crippen LogP contribution < -0.4 is 5.32 Å². The van der Waals surface area contributed by atoms with Crippen LogP contribution >= 0.6 is 0 Å². The van der Waals surface area contributed by atoms with Gasteiger partial charge >= 0.3 is 0 Å². The molecule has 1 aliphatic carbocycles. The van der Waals surface area contributed by atoms with E-state index in [0.717, 1.165) is 38.8 Å². The van der Waals surface area contributed by atoms with Crippen LogP contribution in [0.25, 0.3) is 0 Å². The van der Waals surface area contributed by atoms with E-state index in [1.807, 2.05) is 0 Å². The van der Waals surface area contributed by atoms with E-state index in [1.54, 1.807) is 0 Å². The zero-order valence-electron chi connectivity index (χ0n) is 13.6. The van der Waals surface area contributed by atoms with E-state index in [9.17, 15) is 5.11 Å². The number of nitrogens with one attached hydrogen (secondary N) is 1. The highest BCUT2D eigenvalue weighted by atomic mass is 16.5. The first kappa shape index (κ1) is 18.6. The molecule has 0 aromatic rings. The molecule has 4 nitrogen and oxygen atoms in total. The summed E-state index contributed by atoms with van der Waals surface area (Å²) < 4.78 is 5.67. The van der Waals surface area contributed by atoms with Gasteiger partial charge in [-0.05, 0) is 43.6 Å². The lowest BCUT2D eigenvalue weighted by atomic mass is 9.85. The molecular weight excluding hydrogens is 266 g/mol. The molecule has 0 bridgehead atoms. The maximum Gasteiger partial charge on any atom is 0.0897 e. The minimum Gasteiger partial charge on any atom is -0.396 e. The smallest absolute Gasteiger partial charge is 0.0897 e. The summed E-state index contributed by atoms with van der Waals surface area (Å²) in [6.45, 7) is 7.17. The zero-order chi connectivity index (χ0) is 15.5. The Labute approximate surface area is 129 Å². The van der Waals surface area contributed by atoms with Crippen molar-refractivity contribution in [1.29, 1.82) is 0 Å². The number of hydrogen-bond donors (Lipinski definition) is 3. The summed E-state index contributed by atoms with van der Waals surface area (Å²) in [6, 6.07) is 0. The molecule has 1 rings (SSSR count). The molecule has 124 valence electrons. The first-order valence-corrected chi connectivity index (χ1v) is 8.39. The fourth-order valence-electron chi connectivity index (χ4n) is 2.74. The summed E-state index contributed by atoms with van der Waals surface area (Å²) in [4.78, 5) is 0. The van der Waals surface area contributed by atoms with Gasteiger partial charge < -0.3 is 20.3 Å². The summed E-state index contributed by atoms with van der Waals surface area (Å²) in [5, 5.41) is 22.1. The SMILES string of the molecule is CCC(CCO)CNCC(O)COCC1CC=CCC1C. The van der Waals surface area contributed by atoms with Crippen LogP contribution in [0, 0.1) is 17.8 Å². The van der Waals surface area contributed by atoms with Gasteiger partial charge in [0.1, 0.15) is 0 Å². The van der Waals surface area contributed by atoms with Gasteiger partial charge in [0.15, 0.2) is 0 Å². The standard InChI is InChI=1S/C17H33NO3/c1-3-15(8-9-19)10-18-11-17(20)13-21-12-16-7-5-4-6-14(16)2/h4-5,14-20H,3,6-13H2,1-2H3. The lowest BCUT2D eigenvalue weighted by molar-refractivity contribution is 0.0125. The van der Waals surface area contributed by atoms with Crippen LogP contribution in [0.1, 0.15) is 39.5 Å². The Morgan fingerprint density at radius 1 is 1.29 bits per heavy atom. The first-order valence-electron chi connectivity index (χ1n) is 8.39. The quantitative estimate of drug-likeness (QED) is 0.510. The molecule has 0 saturated carbocycles. The summed E-state index contributed by atoms with van der Waals surface area (Å²) in [5.41, 5.74) is 0. The minimum absolute atomic E-state index is 0.236. The molecule has 0 aromatic heterocycles. The normalized spacial score (nSPS) is 25.0. The lowest BCUT2D eigenvalue weighted by Crippen LogP contribution is -2.34. The molecular formula is C17H33NO3. The Balaban J connectivity index is 2.05. The van der Waals surface area contributed by atoms with E-state index in [0.29, 0.717) is 30.9 Å². The van der Waals surface area contributed by atoms with Crippen molar-refractivity contribution in [3.63, 3.8) is 0 Å². The van der Waals surface area contributed by atoms with E-state index < -0.39 is 6.10 Å². The topological polar surface area (TPSA) is 61.7 Å². The number of rotatable bonds is 11. The molecule has 0 fully saturated rings. The minimum atomic E-state index is -0.453. The second-order valence-corrected chi connectivity index (χ2v) is 6.32. The highest BCUT2D eigenvalue weighted by Gasteiger charge is 2.18. The molecule has 21 heavy (non-hydrogen) atoms. The van der Waals surface area contributed by atoms with Gasteiger partial charge in [0.25, 0.3) is 0 Å². The Bertz CT molecular complexity index is 283. The van der Waals surface area contributed by atoms with E-state index in [-0.39, 0.29) is 6.61 Å². The number of allylic oxidation sites excluding steroid dienone is 2. The number of aliphatic hydroxyl groups is 2. The highest BCUT2D eigenvalue weighted by Crippen LogP contribution is 2.24. The van der Waals surface area contributed by atoms with Crippen LogP contribution in [-0.4, -0.2) is 49.2 Å². The van der Waals surface area contributed by atoms with Gasteiger partial charge in [0, 0.05) is 13.2 Å². The van der Waals surface area contributed by atoms with Gasteiger partial charge in [-0.3, -0.25) is 0 Å². The van der Waals surface area contributed by atoms with E-state index in [4.69, 9.17) is 9.84 Å². The lowest BCUT2D eigenvalue weighted by Gasteiger charge is -2.25. The number of ether oxygens (including phenoxy) is 1. The van der Waals surface area contributed by atoms with Crippen molar-refractivity contribution in [2.45, 2.75) is 45.6 Å². The van der Waals surface area contributed by atoms with Gasteiger partial charge in [-0.25, -0.2) is 0 Å². The second kappa shape index (κ2) is 11.2. The van der Waals surface area contributed by atoms with Crippen molar-refractivity contribution >= 4 is 0 Å². The van der Waals surface area contributed by atoms with Crippen LogP contribution in [0.5, 0.6) is 0 Å². The molecule has 0 aromatic carbocycles. The summed E-state index contributed by atoms with van der Waals surface area (Å²) >= 11 is 0. The predicted octanol–water partition coefficient (Wildman–Crippen LogP) is 1.96. The maximum atomic E-state index is 9.91. The molecule has 1 aliphatic rings. The van der Waals surface area contributed by atoms with Gasteiger partial charge in [0.05, 0.1) is 19.3 Å². The van der Waals surface area contributed by atoms with E-state index in [1.165, 1.54) is 0 Å².